The third-order valence-corrected chi connectivity index (χ3v) is 4.89. The minimum absolute atomic E-state index is 0.0317. The van der Waals surface area contributed by atoms with Gasteiger partial charge in [0.15, 0.2) is 17.6 Å². The second-order valence-electron chi connectivity index (χ2n) is 6.54. The lowest BCUT2D eigenvalue weighted by molar-refractivity contribution is -0.666. The molecule has 0 fully saturated rings. The van der Waals surface area contributed by atoms with Crippen molar-refractivity contribution in [3.05, 3.63) is 53.9 Å². The van der Waals surface area contributed by atoms with Crippen molar-refractivity contribution in [1.82, 2.24) is 9.59 Å². The number of nitrogens with zero attached hydrogens (tertiary/aromatic N) is 2. The maximum atomic E-state index is 10.2. The van der Waals surface area contributed by atoms with Gasteiger partial charge >= 0.3 is 0 Å². The van der Waals surface area contributed by atoms with E-state index in [-0.39, 0.29) is 12.7 Å². The van der Waals surface area contributed by atoms with Gasteiger partial charge in [-0.15, -0.1) is 5.10 Å². The number of hydrogen-bond donors (Lipinski definition) is 2. The van der Waals surface area contributed by atoms with E-state index in [0.29, 0.717) is 25.4 Å². The molecule has 2 aromatic carbocycles. The molecule has 1 aromatic heterocycles. The highest BCUT2D eigenvalue weighted by atomic mass is 32.1. The molecule has 0 radical (unpaired) electrons. The van der Waals surface area contributed by atoms with Crippen molar-refractivity contribution in [3.63, 3.8) is 0 Å². The van der Waals surface area contributed by atoms with E-state index in [1.807, 2.05) is 59.2 Å². The Hall–Kier alpha value is -2.68. The maximum absolute atomic E-state index is 10.2. The highest BCUT2D eigenvalue weighted by molar-refractivity contribution is 7.03. The molecule has 28 heavy (non-hydrogen) atoms. The van der Waals surface area contributed by atoms with Gasteiger partial charge in [0.1, 0.15) is 43.9 Å². The molecule has 7 nitrogen and oxygen atoms in total. The number of aromatic nitrogens is 2. The Morgan fingerprint density at radius 2 is 2.00 bits per heavy atom. The first-order valence-electron chi connectivity index (χ1n) is 9.16. The molecule has 2 atom stereocenters. The van der Waals surface area contributed by atoms with Gasteiger partial charge in [-0.05, 0) is 47.9 Å². The Balaban J connectivity index is 1.17. The van der Waals surface area contributed by atoms with Crippen LogP contribution in [0, 0.1) is 0 Å². The van der Waals surface area contributed by atoms with E-state index in [4.69, 9.17) is 14.2 Å². The molecule has 0 aliphatic carbocycles. The maximum Gasteiger partial charge on any atom is 0.181 e. The van der Waals surface area contributed by atoms with Crippen molar-refractivity contribution >= 4 is 11.5 Å². The summed E-state index contributed by atoms with van der Waals surface area (Å²) >= 11 is 1.32. The number of benzene rings is 2. The average molecular weight is 400 g/mol. The van der Waals surface area contributed by atoms with Crippen LogP contribution >= 0.6 is 11.5 Å². The molecule has 8 heteroatoms. The van der Waals surface area contributed by atoms with Gasteiger partial charge in [-0.1, -0.05) is 16.6 Å². The number of aliphatic hydroxyl groups excluding tert-OH is 1. The van der Waals surface area contributed by atoms with Crippen molar-refractivity contribution in [3.8, 4) is 28.5 Å². The molecular formula is C20H22N3O4S+. The minimum Gasteiger partial charge on any atom is -0.491 e. The van der Waals surface area contributed by atoms with Gasteiger partial charge in [0.25, 0.3) is 0 Å². The minimum atomic E-state index is -0.570. The van der Waals surface area contributed by atoms with Gasteiger partial charge in [0.05, 0.1) is 0 Å². The molecule has 3 N–H and O–H groups in total. The van der Waals surface area contributed by atoms with Crippen molar-refractivity contribution in [2.24, 2.45) is 0 Å². The first kappa shape index (κ1) is 18.7. The summed E-state index contributed by atoms with van der Waals surface area (Å²) in [5.74, 6) is 2.27. The van der Waals surface area contributed by atoms with Crippen molar-refractivity contribution in [2.45, 2.75) is 12.2 Å². The summed E-state index contributed by atoms with van der Waals surface area (Å²) in [6.45, 7) is 1.99. The summed E-state index contributed by atoms with van der Waals surface area (Å²) in [7, 11) is 0. The number of ether oxygens (including phenoxy) is 3. The van der Waals surface area contributed by atoms with Crippen LogP contribution in [0.4, 0.5) is 0 Å². The molecule has 1 aliphatic heterocycles. The van der Waals surface area contributed by atoms with Gasteiger partial charge in [-0.25, -0.2) is 0 Å². The van der Waals surface area contributed by atoms with Gasteiger partial charge in [-0.2, -0.15) is 0 Å². The van der Waals surface area contributed by atoms with Crippen LogP contribution in [0.1, 0.15) is 0 Å². The summed E-state index contributed by atoms with van der Waals surface area (Å²) in [5, 5.41) is 18.1. The van der Waals surface area contributed by atoms with Crippen LogP contribution in [0.15, 0.2) is 53.9 Å². The van der Waals surface area contributed by atoms with Crippen molar-refractivity contribution in [1.29, 1.82) is 0 Å². The van der Waals surface area contributed by atoms with Crippen LogP contribution in [0.2, 0.25) is 0 Å². The molecule has 146 valence electrons. The highest BCUT2D eigenvalue weighted by Crippen LogP contribution is 2.30. The quantitative estimate of drug-likeness (QED) is 0.593. The molecule has 0 spiro atoms. The van der Waals surface area contributed by atoms with Crippen LogP contribution in [0.5, 0.6) is 17.2 Å². The lowest BCUT2D eigenvalue weighted by Crippen LogP contribution is -2.89. The fourth-order valence-electron chi connectivity index (χ4n) is 2.93. The molecule has 1 aliphatic rings. The number of quaternary nitrogens is 1. The zero-order chi connectivity index (χ0) is 19.2. The molecule has 0 unspecified atom stereocenters. The van der Waals surface area contributed by atoms with Crippen LogP contribution in [0.3, 0.4) is 0 Å². The number of aliphatic hydroxyl groups is 1. The van der Waals surface area contributed by atoms with E-state index in [2.05, 4.69) is 9.59 Å². The molecule has 0 bridgehead atoms. The molecular weight excluding hydrogens is 378 g/mol. The summed E-state index contributed by atoms with van der Waals surface area (Å²) < 4.78 is 21.1. The van der Waals surface area contributed by atoms with Crippen LogP contribution in [-0.2, 0) is 0 Å². The molecule has 0 saturated heterocycles. The van der Waals surface area contributed by atoms with E-state index in [9.17, 15) is 5.11 Å². The predicted octanol–water partition coefficient (Wildman–Crippen LogP) is 1.35. The molecule has 0 saturated carbocycles. The van der Waals surface area contributed by atoms with Gasteiger partial charge < -0.3 is 24.6 Å². The Morgan fingerprint density at radius 1 is 1.18 bits per heavy atom. The Morgan fingerprint density at radius 3 is 2.79 bits per heavy atom. The summed E-state index contributed by atoms with van der Waals surface area (Å²) in [4.78, 5) is 0. The Bertz CT molecular complexity index is 873. The summed E-state index contributed by atoms with van der Waals surface area (Å²) in [6, 6.07) is 15.3. The predicted molar refractivity (Wildman–Crippen MR) is 105 cm³/mol. The second kappa shape index (κ2) is 9.01. The topological polar surface area (TPSA) is 90.3 Å². The fraction of sp³-hybridized carbons (Fsp3) is 0.300. The fourth-order valence-corrected chi connectivity index (χ4v) is 3.39. The van der Waals surface area contributed by atoms with Crippen LogP contribution < -0.4 is 19.5 Å². The third kappa shape index (κ3) is 4.78. The SMILES string of the molecule is O[C@H](C[NH2+]C[C@H]1COc2ccccc2O1)COc1ccc(-c2csnn2)cc1. The lowest BCUT2D eigenvalue weighted by atomic mass is 10.2. The Kier molecular flexibility index (Phi) is 6.01. The van der Waals surface area contributed by atoms with Crippen molar-refractivity contribution in [2.75, 3.05) is 26.3 Å². The summed E-state index contributed by atoms with van der Waals surface area (Å²) in [6.07, 6.45) is -0.602. The van der Waals surface area contributed by atoms with E-state index in [1.165, 1.54) is 11.5 Å². The van der Waals surface area contributed by atoms with Crippen LogP contribution in [0.25, 0.3) is 11.3 Å². The molecule has 4 rings (SSSR count). The van der Waals surface area contributed by atoms with E-state index in [0.717, 1.165) is 22.8 Å². The first-order valence-corrected chi connectivity index (χ1v) is 10.00. The number of rotatable bonds is 8. The second-order valence-corrected chi connectivity index (χ2v) is 7.15. The van der Waals surface area contributed by atoms with Crippen molar-refractivity contribution < 1.29 is 24.6 Å². The standard InChI is InChI=1S/C20H21N3O4S/c24-15(9-21-10-17-12-26-19-3-1-2-4-20(19)27-17)11-25-16-7-5-14(6-8-16)18-13-28-23-22-18/h1-8,13,15,17,21,24H,9-12H2/p+1/t15-,17+/m1/s1. The van der Waals surface area contributed by atoms with Gasteiger partial charge in [0, 0.05) is 10.9 Å². The lowest BCUT2D eigenvalue weighted by Gasteiger charge is -2.25. The van der Waals surface area contributed by atoms with Gasteiger partial charge in [0.2, 0.25) is 0 Å². The zero-order valence-corrected chi connectivity index (χ0v) is 16.0. The number of fused-ring (bicyclic) bond motifs is 1. The zero-order valence-electron chi connectivity index (χ0n) is 15.2. The molecule has 3 aromatic rings. The van der Waals surface area contributed by atoms with E-state index in [1.54, 1.807) is 0 Å². The largest absolute Gasteiger partial charge is 0.491 e. The summed E-state index contributed by atoms with van der Waals surface area (Å²) in [5.41, 5.74) is 1.84. The van der Waals surface area contributed by atoms with Crippen LogP contribution in [-0.4, -0.2) is 53.2 Å². The normalized spacial score (nSPS) is 16.5. The Labute approximate surface area is 167 Å². The molecule has 2 heterocycles. The molecule has 0 amide bonds. The average Bonchev–Trinajstić information content (AvgIpc) is 3.27. The van der Waals surface area contributed by atoms with E-state index >= 15 is 0 Å². The van der Waals surface area contributed by atoms with Gasteiger partial charge in [-0.3, -0.25) is 0 Å². The van der Waals surface area contributed by atoms with E-state index < -0.39 is 6.10 Å². The number of para-hydroxylation sites is 2. The first-order chi connectivity index (χ1) is 13.8. The number of hydrogen-bond acceptors (Lipinski definition) is 7. The monoisotopic (exact) mass is 400 g/mol. The smallest absolute Gasteiger partial charge is 0.181 e. The third-order valence-electron chi connectivity index (χ3n) is 4.39. The highest BCUT2D eigenvalue weighted by Gasteiger charge is 2.22. The number of nitrogens with two attached hydrogens (primary N) is 1.